The summed E-state index contributed by atoms with van der Waals surface area (Å²) in [5.41, 5.74) is 1.00. The second kappa shape index (κ2) is 8.58. The quantitative estimate of drug-likeness (QED) is 0.827. The zero-order valence-electron chi connectivity index (χ0n) is 10.9. The highest BCUT2D eigenvalue weighted by molar-refractivity contribution is 5.72. The highest BCUT2D eigenvalue weighted by Gasteiger charge is 2.09. The second-order valence-corrected chi connectivity index (χ2v) is 3.29. The summed E-state index contributed by atoms with van der Waals surface area (Å²) in [6.45, 7) is 6.13. The van der Waals surface area contributed by atoms with Crippen LogP contribution >= 0.6 is 0 Å². The maximum Gasteiger partial charge on any atom is 0.320 e. The average molecular weight is 239 g/mol. The van der Waals surface area contributed by atoms with E-state index in [9.17, 15) is 4.79 Å². The smallest absolute Gasteiger partial charge is 0.320 e. The van der Waals surface area contributed by atoms with E-state index >= 15 is 0 Å². The zero-order valence-corrected chi connectivity index (χ0v) is 10.9. The van der Waals surface area contributed by atoms with Gasteiger partial charge in [-0.15, -0.1) is 0 Å². The minimum absolute atomic E-state index is 0.519. The number of benzene rings is 1. The highest BCUT2D eigenvalue weighted by Crippen LogP contribution is 2.12. The molecule has 0 saturated heterocycles. The van der Waals surface area contributed by atoms with E-state index in [-0.39, 0.29) is 0 Å². The van der Waals surface area contributed by atoms with Crippen molar-refractivity contribution in [3.05, 3.63) is 29.8 Å². The lowest BCUT2D eigenvalue weighted by atomic mass is 10.2. The van der Waals surface area contributed by atoms with Crippen LogP contribution < -0.4 is 10.1 Å². The Bertz CT molecular complexity index is 339. The Hall–Kier alpha value is -1.55. The fourth-order valence-electron chi connectivity index (χ4n) is 1.14. The minimum Gasteiger partial charge on any atom is -0.497 e. The van der Waals surface area contributed by atoms with Crippen LogP contribution in [-0.4, -0.2) is 24.2 Å². The summed E-state index contributed by atoms with van der Waals surface area (Å²) in [5, 5.41) is 11.6. The lowest BCUT2D eigenvalue weighted by Crippen LogP contribution is -2.33. The van der Waals surface area contributed by atoms with E-state index in [1.165, 1.54) is 0 Å². The van der Waals surface area contributed by atoms with Gasteiger partial charge in [0.15, 0.2) is 0 Å². The normalized spacial score (nSPS) is 11.1. The fourth-order valence-corrected chi connectivity index (χ4v) is 1.14. The first-order valence-corrected chi connectivity index (χ1v) is 5.72. The molecule has 1 rings (SSSR count). The van der Waals surface area contributed by atoms with Crippen molar-refractivity contribution in [2.45, 2.75) is 33.4 Å². The molecule has 0 fully saturated rings. The second-order valence-electron chi connectivity index (χ2n) is 3.29. The van der Waals surface area contributed by atoms with Gasteiger partial charge in [-0.05, 0) is 24.6 Å². The Labute approximate surface area is 103 Å². The SMILES string of the molecule is CC.COc1cccc(CNC(C)C(=O)O)c1. The predicted molar refractivity (Wildman–Crippen MR) is 68.3 cm³/mol. The Kier molecular flexibility index (Phi) is 7.80. The van der Waals surface area contributed by atoms with E-state index in [2.05, 4.69) is 5.32 Å². The molecule has 0 heterocycles. The van der Waals surface area contributed by atoms with Gasteiger partial charge in [-0.1, -0.05) is 26.0 Å². The number of aliphatic carboxylic acids is 1. The molecule has 4 heteroatoms. The Balaban J connectivity index is 0.00000121. The van der Waals surface area contributed by atoms with Crippen LogP contribution in [0.5, 0.6) is 5.75 Å². The van der Waals surface area contributed by atoms with Crippen LogP contribution in [-0.2, 0) is 11.3 Å². The van der Waals surface area contributed by atoms with Crippen LogP contribution in [0.3, 0.4) is 0 Å². The summed E-state index contributed by atoms with van der Waals surface area (Å²) in [6.07, 6.45) is 0. The van der Waals surface area contributed by atoms with Gasteiger partial charge in [-0.2, -0.15) is 0 Å². The summed E-state index contributed by atoms with van der Waals surface area (Å²) < 4.78 is 5.07. The summed E-state index contributed by atoms with van der Waals surface area (Å²) in [4.78, 5) is 10.6. The molecule has 0 aliphatic heterocycles. The van der Waals surface area contributed by atoms with Gasteiger partial charge in [0.2, 0.25) is 0 Å². The molecule has 1 aromatic rings. The van der Waals surface area contributed by atoms with Crippen molar-refractivity contribution in [2.75, 3.05) is 7.11 Å². The van der Waals surface area contributed by atoms with Gasteiger partial charge in [-0.3, -0.25) is 4.79 Å². The molecule has 0 aliphatic rings. The molecule has 0 saturated carbocycles. The fraction of sp³-hybridized carbons (Fsp3) is 0.462. The number of carboxylic acids is 1. The number of carbonyl (C=O) groups is 1. The largest absolute Gasteiger partial charge is 0.497 e. The molecule has 4 nitrogen and oxygen atoms in total. The van der Waals surface area contributed by atoms with Gasteiger partial charge in [0, 0.05) is 6.54 Å². The molecule has 0 aromatic heterocycles. The lowest BCUT2D eigenvalue weighted by Gasteiger charge is -2.09. The maximum atomic E-state index is 10.6. The molecular weight excluding hydrogens is 218 g/mol. The summed E-state index contributed by atoms with van der Waals surface area (Å²) in [6, 6.07) is 6.98. The lowest BCUT2D eigenvalue weighted by molar-refractivity contribution is -0.139. The van der Waals surface area contributed by atoms with E-state index in [0.29, 0.717) is 6.54 Å². The number of ether oxygens (including phenoxy) is 1. The molecule has 0 spiro atoms. The van der Waals surface area contributed by atoms with Gasteiger partial charge < -0.3 is 15.2 Å². The van der Waals surface area contributed by atoms with Gasteiger partial charge in [0.1, 0.15) is 11.8 Å². The van der Waals surface area contributed by atoms with E-state index < -0.39 is 12.0 Å². The third-order valence-corrected chi connectivity index (χ3v) is 2.12. The number of nitrogens with one attached hydrogen (secondary N) is 1. The molecule has 1 aromatic carbocycles. The van der Waals surface area contributed by atoms with Crippen LogP contribution in [0.2, 0.25) is 0 Å². The van der Waals surface area contributed by atoms with Crippen molar-refractivity contribution >= 4 is 5.97 Å². The Morgan fingerprint density at radius 1 is 1.47 bits per heavy atom. The van der Waals surface area contributed by atoms with Crippen molar-refractivity contribution in [1.29, 1.82) is 0 Å². The maximum absolute atomic E-state index is 10.6. The van der Waals surface area contributed by atoms with Crippen LogP contribution in [0.15, 0.2) is 24.3 Å². The minimum atomic E-state index is -0.849. The first kappa shape index (κ1) is 15.4. The third kappa shape index (κ3) is 5.92. The van der Waals surface area contributed by atoms with Crippen LogP contribution in [0.1, 0.15) is 26.3 Å². The van der Waals surface area contributed by atoms with Gasteiger partial charge in [-0.25, -0.2) is 0 Å². The van der Waals surface area contributed by atoms with Crippen molar-refractivity contribution in [3.63, 3.8) is 0 Å². The van der Waals surface area contributed by atoms with Crippen molar-refractivity contribution < 1.29 is 14.6 Å². The summed E-state index contributed by atoms with van der Waals surface area (Å²) in [5.74, 6) is -0.0739. The van der Waals surface area contributed by atoms with Crippen molar-refractivity contribution in [1.82, 2.24) is 5.32 Å². The molecule has 1 unspecified atom stereocenters. The Morgan fingerprint density at radius 3 is 2.65 bits per heavy atom. The highest BCUT2D eigenvalue weighted by atomic mass is 16.5. The average Bonchev–Trinajstić information content (AvgIpc) is 2.38. The van der Waals surface area contributed by atoms with Gasteiger partial charge >= 0.3 is 5.97 Å². The summed E-state index contributed by atoms with van der Waals surface area (Å²) in [7, 11) is 1.60. The first-order chi connectivity index (χ1) is 8.13. The molecule has 0 bridgehead atoms. The topological polar surface area (TPSA) is 58.6 Å². The molecular formula is C13H21NO3. The molecule has 1 atom stereocenters. The number of carboxylic acid groups (broad SMARTS) is 1. The molecule has 0 amide bonds. The monoisotopic (exact) mass is 239 g/mol. The Morgan fingerprint density at radius 2 is 2.12 bits per heavy atom. The van der Waals surface area contributed by atoms with E-state index in [4.69, 9.17) is 9.84 Å². The molecule has 0 aliphatic carbocycles. The van der Waals surface area contributed by atoms with Crippen LogP contribution in [0.25, 0.3) is 0 Å². The molecule has 17 heavy (non-hydrogen) atoms. The first-order valence-electron chi connectivity index (χ1n) is 5.72. The standard InChI is InChI=1S/C11H15NO3.C2H6/c1-8(11(13)14)12-7-9-4-3-5-10(6-9)15-2;1-2/h3-6,8,12H,7H2,1-2H3,(H,13,14);1-2H3. The number of hydrogen-bond acceptors (Lipinski definition) is 3. The van der Waals surface area contributed by atoms with Crippen LogP contribution in [0.4, 0.5) is 0 Å². The zero-order chi connectivity index (χ0) is 13.3. The van der Waals surface area contributed by atoms with E-state index in [0.717, 1.165) is 11.3 Å². The van der Waals surface area contributed by atoms with Crippen molar-refractivity contribution in [2.24, 2.45) is 0 Å². The van der Waals surface area contributed by atoms with Gasteiger partial charge in [0.05, 0.1) is 7.11 Å². The third-order valence-electron chi connectivity index (χ3n) is 2.12. The number of rotatable bonds is 5. The van der Waals surface area contributed by atoms with Crippen molar-refractivity contribution in [3.8, 4) is 5.75 Å². The van der Waals surface area contributed by atoms with Crippen LogP contribution in [0, 0.1) is 0 Å². The van der Waals surface area contributed by atoms with Gasteiger partial charge in [0.25, 0.3) is 0 Å². The molecule has 0 radical (unpaired) electrons. The number of methoxy groups -OCH3 is 1. The van der Waals surface area contributed by atoms with E-state index in [1.54, 1.807) is 14.0 Å². The summed E-state index contributed by atoms with van der Waals surface area (Å²) >= 11 is 0. The van der Waals surface area contributed by atoms with E-state index in [1.807, 2.05) is 38.1 Å². The predicted octanol–water partition coefficient (Wildman–Crippen LogP) is 2.28. The molecule has 2 N–H and O–H groups in total. The number of hydrogen-bond donors (Lipinski definition) is 2. The molecule has 96 valence electrons.